The number of aliphatic hydroxyl groups excluding tert-OH is 1. The average Bonchev–Trinajstić information content (AvgIpc) is 2.77. The largest absolute Gasteiger partial charge is 0.393 e. The highest BCUT2D eigenvalue weighted by Gasteiger charge is 2.50. The van der Waals surface area contributed by atoms with Crippen LogP contribution in [-0.4, -0.2) is 76.4 Å². The van der Waals surface area contributed by atoms with Gasteiger partial charge in [0.05, 0.1) is 13.2 Å². The van der Waals surface area contributed by atoms with Gasteiger partial charge in [0.2, 0.25) is 0 Å². The van der Waals surface area contributed by atoms with E-state index in [9.17, 15) is 14.7 Å². The lowest BCUT2D eigenvalue weighted by molar-refractivity contribution is -0.500. The van der Waals surface area contributed by atoms with Crippen LogP contribution in [-0.2, 0) is 4.79 Å². The molecular weight excluding hydrogens is 260 g/mol. The van der Waals surface area contributed by atoms with E-state index in [0.717, 1.165) is 6.42 Å². The fourth-order valence-corrected chi connectivity index (χ4v) is 2.46. The topological polar surface area (TPSA) is 76.2 Å². The molecule has 7 nitrogen and oxygen atoms in total. The molecule has 0 aliphatic carbocycles. The molecule has 2 heterocycles. The van der Waals surface area contributed by atoms with Gasteiger partial charge in [-0.15, -0.1) is 0 Å². The molecule has 3 amide bonds. The maximum Gasteiger partial charge on any atom is 0.333 e. The van der Waals surface area contributed by atoms with E-state index in [2.05, 4.69) is 4.99 Å². The first-order valence-corrected chi connectivity index (χ1v) is 6.83. The maximum absolute atomic E-state index is 12.4. The molecule has 0 aromatic rings. The molecule has 1 saturated heterocycles. The molecule has 0 aromatic heterocycles. The number of imide groups is 1. The number of unbranched alkanes of at least 4 members (excludes halogenated alkanes) is 1. The molecule has 2 aliphatic heterocycles. The van der Waals surface area contributed by atoms with Crippen molar-refractivity contribution in [1.82, 2.24) is 9.80 Å². The van der Waals surface area contributed by atoms with E-state index in [1.807, 2.05) is 0 Å². The van der Waals surface area contributed by atoms with Crippen molar-refractivity contribution in [3.8, 4) is 0 Å². The van der Waals surface area contributed by atoms with Crippen molar-refractivity contribution in [2.24, 2.45) is 4.99 Å². The van der Waals surface area contributed by atoms with E-state index < -0.39 is 6.04 Å². The van der Waals surface area contributed by atoms with Gasteiger partial charge in [-0.3, -0.25) is 14.6 Å². The summed E-state index contributed by atoms with van der Waals surface area (Å²) < 4.78 is 1.71. The Labute approximate surface area is 118 Å². The fraction of sp³-hybridized carbons (Fsp3) is 0.692. The second kappa shape index (κ2) is 5.70. The van der Waals surface area contributed by atoms with Gasteiger partial charge in [-0.05, 0) is 31.2 Å². The van der Waals surface area contributed by atoms with Gasteiger partial charge < -0.3 is 5.11 Å². The Balaban J connectivity index is 2.02. The number of carbonyl (C=O) groups is 2. The number of fused-ring (bicyclic) bond motifs is 1. The van der Waals surface area contributed by atoms with Crippen LogP contribution in [0.5, 0.6) is 0 Å². The van der Waals surface area contributed by atoms with Gasteiger partial charge in [0.15, 0.2) is 0 Å². The third kappa shape index (κ3) is 2.58. The average molecular weight is 281 g/mol. The minimum atomic E-state index is -0.491. The van der Waals surface area contributed by atoms with Crippen LogP contribution in [0.1, 0.15) is 26.2 Å². The second-order valence-corrected chi connectivity index (χ2v) is 5.35. The Morgan fingerprint density at radius 3 is 2.80 bits per heavy atom. The number of carbonyl (C=O) groups excluding carboxylic acids is 2. The van der Waals surface area contributed by atoms with E-state index in [1.54, 1.807) is 31.9 Å². The molecule has 1 unspecified atom stereocenters. The number of urea groups is 1. The summed E-state index contributed by atoms with van der Waals surface area (Å²) in [5.41, 5.74) is 0. The molecule has 2 aliphatic rings. The molecule has 0 radical (unpaired) electrons. The quantitative estimate of drug-likeness (QED) is 0.564. The van der Waals surface area contributed by atoms with Crippen molar-refractivity contribution in [2.45, 2.75) is 38.3 Å². The van der Waals surface area contributed by atoms with Crippen molar-refractivity contribution < 1.29 is 19.3 Å². The minimum absolute atomic E-state index is 0.222. The van der Waals surface area contributed by atoms with Gasteiger partial charge in [-0.2, -0.15) is 0 Å². The molecule has 0 bridgehead atoms. The van der Waals surface area contributed by atoms with Crippen molar-refractivity contribution >= 4 is 24.1 Å². The van der Waals surface area contributed by atoms with E-state index in [4.69, 9.17) is 0 Å². The molecule has 0 aromatic carbocycles. The summed E-state index contributed by atoms with van der Waals surface area (Å²) >= 11 is 0. The summed E-state index contributed by atoms with van der Waals surface area (Å²) in [5.74, 6) is 0.267. The fourth-order valence-electron chi connectivity index (χ4n) is 2.46. The number of amidine groups is 1. The summed E-state index contributed by atoms with van der Waals surface area (Å²) in [4.78, 5) is 31.4. The molecule has 0 spiro atoms. The number of hydrogen-bond donors (Lipinski definition) is 1. The first-order valence-electron chi connectivity index (χ1n) is 6.83. The summed E-state index contributed by atoms with van der Waals surface area (Å²) in [6.45, 7) is 2.11. The van der Waals surface area contributed by atoms with Crippen LogP contribution in [0.4, 0.5) is 4.79 Å². The SMILES string of the molecule is C[C@@H](O)CCCCN1C(=O)C2C(=NC=[N+]2C)N(C)C1=O. The number of likely N-dealkylation sites (N-methyl/N-ethyl adjacent to an activating group) is 2. The van der Waals surface area contributed by atoms with Crippen molar-refractivity contribution in [1.29, 1.82) is 0 Å². The van der Waals surface area contributed by atoms with Crippen LogP contribution >= 0.6 is 0 Å². The Morgan fingerprint density at radius 2 is 2.15 bits per heavy atom. The van der Waals surface area contributed by atoms with Crippen LogP contribution in [0.25, 0.3) is 0 Å². The zero-order valence-corrected chi connectivity index (χ0v) is 12.1. The van der Waals surface area contributed by atoms with Crippen LogP contribution in [0.15, 0.2) is 4.99 Å². The third-order valence-electron chi connectivity index (χ3n) is 3.64. The maximum atomic E-state index is 12.4. The van der Waals surface area contributed by atoms with E-state index in [0.29, 0.717) is 25.2 Å². The van der Waals surface area contributed by atoms with Crippen molar-refractivity contribution in [3.05, 3.63) is 0 Å². The van der Waals surface area contributed by atoms with Crippen LogP contribution in [0.2, 0.25) is 0 Å². The van der Waals surface area contributed by atoms with Gasteiger partial charge in [0.1, 0.15) is 0 Å². The number of aliphatic hydroxyl groups is 1. The molecule has 7 heteroatoms. The Bertz CT molecular complexity index is 484. The third-order valence-corrected chi connectivity index (χ3v) is 3.64. The van der Waals surface area contributed by atoms with Crippen LogP contribution < -0.4 is 0 Å². The lowest BCUT2D eigenvalue weighted by Crippen LogP contribution is -2.62. The molecule has 1 fully saturated rings. The molecule has 0 saturated carbocycles. The molecule has 1 N–H and O–H groups in total. The predicted molar refractivity (Wildman–Crippen MR) is 73.9 cm³/mol. The smallest absolute Gasteiger partial charge is 0.333 e. The Hall–Kier alpha value is -1.76. The summed E-state index contributed by atoms with van der Waals surface area (Å²) in [5, 5.41) is 9.21. The zero-order valence-electron chi connectivity index (χ0n) is 12.1. The summed E-state index contributed by atoms with van der Waals surface area (Å²) in [7, 11) is 3.41. The zero-order chi connectivity index (χ0) is 14.9. The molecule has 2 atom stereocenters. The highest BCUT2D eigenvalue weighted by Crippen LogP contribution is 2.18. The standard InChI is InChI=1S/C13H21N4O3/c1-9(18)6-4-5-7-17-12(19)10-11(14-8-15(10)2)16(3)13(17)20/h8-10,18H,4-7H2,1-3H3/q+1/t9-,10?/m1/s1. The van der Waals surface area contributed by atoms with Crippen LogP contribution in [0.3, 0.4) is 0 Å². The molecule has 2 rings (SSSR count). The van der Waals surface area contributed by atoms with Gasteiger partial charge in [-0.25, -0.2) is 9.37 Å². The number of aliphatic imine (C=N–C) groups is 1. The number of rotatable bonds is 5. The Kier molecular flexibility index (Phi) is 4.17. The lowest BCUT2D eigenvalue weighted by atomic mass is 10.1. The van der Waals surface area contributed by atoms with Crippen molar-refractivity contribution in [3.63, 3.8) is 0 Å². The van der Waals surface area contributed by atoms with Crippen molar-refractivity contribution in [2.75, 3.05) is 20.6 Å². The minimum Gasteiger partial charge on any atom is -0.393 e. The summed E-state index contributed by atoms with van der Waals surface area (Å²) in [6.07, 6.45) is 3.38. The second-order valence-electron chi connectivity index (χ2n) is 5.35. The first-order chi connectivity index (χ1) is 9.43. The molecular formula is C13H21N4O3+. The number of amides is 3. The van der Waals surface area contributed by atoms with E-state index >= 15 is 0 Å². The molecule has 110 valence electrons. The Morgan fingerprint density at radius 1 is 1.45 bits per heavy atom. The molecule has 20 heavy (non-hydrogen) atoms. The monoisotopic (exact) mass is 281 g/mol. The first kappa shape index (κ1) is 14.6. The normalized spacial score (nSPS) is 23.7. The van der Waals surface area contributed by atoms with Gasteiger partial charge in [0, 0.05) is 13.6 Å². The van der Waals surface area contributed by atoms with Gasteiger partial charge in [-0.1, -0.05) is 0 Å². The van der Waals surface area contributed by atoms with Gasteiger partial charge >= 0.3 is 6.03 Å². The summed E-state index contributed by atoms with van der Waals surface area (Å²) in [6, 6.07) is -0.819. The number of hydrogen-bond acceptors (Lipinski definition) is 4. The number of nitrogens with zero attached hydrogens (tertiary/aromatic N) is 4. The highest BCUT2D eigenvalue weighted by atomic mass is 16.3. The van der Waals surface area contributed by atoms with E-state index in [1.165, 1.54) is 9.80 Å². The van der Waals surface area contributed by atoms with Gasteiger partial charge in [0.25, 0.3) is 24.1 Å². The van der Waals surface area contributed by atoms with E-state index in [-0.39, 0.29) is 18.0 Å². The van der Waals surface area contributed by atoms with Crippen LogP contribution in [0, 0.1) is 0 Å². The highest BCUT2D eigenvalue weighted by molar-refractivity contribution is 6.21. The predicted octanol–water partition coefficient (Wildman–Crippen LogP) is -0.117. The lowest BCUT2D eigenvalue weighted by Gasteiger charge is -2.32.